The summed E-state index contributed by atoms with van der Waals surface area (Å²) in [6.07, 6.45) is 0.174. The van der Waals surface area contributed by atoms with Gasteiger partial charge in [-0.3, -0.25) is 4.79 Å². The van der Waals surface area contributed by atoms with Gasteiger partial charge in [0.15, 0.2) is 11.5 Å². The van der Waals surface area contributed by atoms with Gasteiger partial charge in [-0.2, -0.15) is 0 Å². The number of ether oxygens (including phenoxy) is 3. The van der Waals surface area contributed by atoms with Crippen molar-refractivity contribution in [2.45, 2.75) is 27.2 Å². The van der Waals surface area contributed by atoms with E-state index in [1.807, 2.05) is 39.0 Å². The molecule has 122 valence electrons. The molecule has 0 spiro atoms. The third kappa shape index (κ3) is 3.83. The molecule has 0 aliphatic rings. The average molecular weight is 314 g/mol. The van der Waals surface area contributed by atoms with Crippen molar-refractivity contribution >= 4 is 5.97 Å². The molecule has 0 aliphatic carbocycles. The number of aryl methyl sites for hydroxylation is 2. The summed E-state index contributed by atoms with van der Waals surface area (Å²) in [5.74, 6) is 1.58. The summed E-state index contributed by atoms with van der Waals surface area (Å²) < 4.78 is 16.0. The number of carbonyl (C=O) groups is 1. The molecule has 2 aromatic rings. The van der Waals surface area contributed by atoms with E-state index in [1.54, 1.807) is 26.4 Å². The molecule has 2 rings (SSSR count). The lowest BCUT2D eigenvalue weighted by atomic mass is 10.1. The molecule has 0 atom stereocenters. The van der Waals surface area contributed by atoms with Gasteiger partial charge >= 0.3 is 5.97 Å². The van der Waals surface area contributed by atoms with Gasteiger partial charge in [-0.1, -0.05) is 18.2 Å². The molecular formula is C19H22O4. The number of hydrogen-bond donors (Lipinski definition) is 0. The molecule has 0 heterocycles. The summed E-state index contributed by atoms with van der Waals surface area (Å²) in [6.45, 7) is 5.90. The van der Waals surface area contributed by atoms with Gasteiger partial charge in [-0.05, 0) is 55.2 Å². The van der Waals surface area contributed by atoms with Crippen molar-refractivity contribution in [1.82, 2.24) is 0 Å². The summed E-state index contributed by atoms with van der Waals surface area (Å²) in [5.41, 5.74) is 3.86. The molecule has 4 heteroatoms. The highest BCUT2D eigenvalue weighted by Crippen LogP contribution is 2.29. The predicted octanol–water partition coefficient (Wildman–Crippen LogP) is 3.78. The van der Waals surface area contributed by atoms with E-state index >= 15 is 0 Å². The highest BCUT2D eigenvalue weighted by Gasteiger charge is 2.13. The van der Waals surface area contributed by atoms with Crippen molar-refractivity contribution in [3.8, 4) is 17.2 Å². The maximum atomic E-state index is 12.3. The zero-order valence-electron chi connectivity index (χ0n) is 14.2. The molecule has 0 bridgehead atoms. The Balaban J connectivity index is 2.16. The predicted molar refractivity (Wildman–Crippen MR) is 89.5 cm³/mol. The Hall–Kier alpha value is -2.49. The SMILES string of the molecule is COc1ccc(CC(=O)Oc2c(C)ccc(C)c2C)cc1OC. The first-order valence-corrected chi connectivity index (χ1v) is 7.44. The fourth-order valence-electron chi connectivity index (χ4n) is 2.39. The Morgan fingerprint density at radius 3 is 2.22 bits per heavy atom. The van der Waals surface area contributed by atoms with E-state index in [-0.39, 0.29) is 12.4 Å². The van der Waals surface area contributed by atoms with Crippen LogP contribution in [0, 0.1) is 20.8 Å². The van der Waals surface area contributed by atoms with Crippen molar-refractivity contribution in [1.29, 1.82) is 0 Å². The fourth-order valence-corrected chi connectivity index (χ4v) is 2.39. The van der Waals surface area contributed by atoms with Crippen LogP contribution in [0.1, 0.15) is 22.3 Å². The van der Waals surface area contributed by atoms with Crippen LogP contribution in [0.5, 0.6) is 17.2 Å². The summed E-state index contributed by atoms with van der Waals surface area (Å²) in [7, 11) is 3.15. The zero-order chi connectivity index (χ0) is 17.0. The van der Waals surface area contributed by atoms with E-state index in [9.17, 15) is 4.79 Å². The molecule has 0 radical (unpaired) electrons. The first-order valence-electron chi connectivity index (χ1n) is 7.44. The molecule has 0 N–H and O–H groups in total. The van der Waals surface area contributed by atoms with Crippen LogP contribution in [0.2, 0.25) is 0 Å². The van der Waals surface area contributed by atoms with E-state index in [0.29, 0.717) is 17.2 Å². The number of hydrogen-bond acceptors (Lipinski definition) is 4. The number of esters is 1. The standard InChI is InChI=1S/C19H22O4/c1-12-6-7-13(2)19(14(12)3)23-18(20)11-15-8-9-16(21-4)17(10-15)22-5/h6-10H,11H2,1-5H3. The van der Waals surface area contributed by atoms with Crippen molar-refractivity contribution < 1.29 is 19.0 Å². The summed E-state index contributed by atoms with van der Waals surface area (Å²) in [6, 6.07) is 9.39. The Morgan fingerprint density at radius 1 is 0.913 bits per heavy atom. The third-order valence-corrected chi connectivity index (χ3v) is 3.89. The molecule has 2 aromatic carbocycles. The minimum atomic E-state index is -0.297. The maximum Gasteiger partial charge on any atom is 0.315 e. The molecule has 0 saturated carbocycles. The van der Waals surface area contributed by atoms with Gasteiger partial charge in [0.05, 0.1) is 20.6 Å². The van der Waals surface area contributed by atoms with Crippen LogP contribution < -0.4 is 14.2 Å². The van der Waals surface area contributed by atoms with Gasteiger partial charge in [-0.25, -0.2) is 0 Å². The highest BCUT2D eigenvalue weighted by molar-refractivity contribution is 5.76. The molecule has 0 fully saturated rings. The molecule has 0 aromatic heterocycles. The average Bonchev–Trinajstić information content (AvgIpc) is 2.55. The Bertz CT molecular complexity index is 720. The van der Waals surface area contributed by atoms with Crippen LogP contribution in [0.4, 0.5) is 0 Å². The van der Waals surface area contributed by atoms with Crippen molar-refractivity contribution in [2.24, 2.45) is 0 Å². The summed E-state index contributed by atoms with van der Waals surface area (Å²) >= 11 is 0. The first-order chi connectivity index (χ1) is 11.0. The number of carbonyl (C=O) groups excluding carboxylic acids is 1. The van der Waals surface area contributed by atoms with Crippen LogP contribution in [0.25, 0.3) is 0 Å². The smallest absolute Gasteiger partial charge is 0.315 e. The van der Waals surface area contributed by atoms with Gasteiger partial charge in [0, 0.05) is 0 Å². The van der Waals surface area contributed by atoms with E-state index in [4.69, 9.17) is 14.2 Å². The Labute approximate surface area is 137 Å². The minimum absolute atomic E-state index is 0.174. The largest absolute Gasteiger partial charge is 0.493 e. The van der Waals surface area contributed by atoms with Gasteiger partial charge in [0.2, 0.25) is 0 Å². The highest BCUT2D eigenvalue weighted by atomic mass is 16.5. The number of methoxy groups -OCH3 is 2. The van der Waals surface area contributed by atoms with Crippen LogP contribution in [-0.4, -0.2) is 20.2 Å². The van der Waals surface area contributed by atoms with Crippen LogP contribution >= 0.6 is 0 Å². The molecule has 23 heavy (non-hydrogen) atoms. The monoisotopic (exact) mass is 314 g/mol. The lowest BCUT2D eigenvalue weighted by Gasteiger charge is -2.13. The molecule has 0 unspecified atom stereocenters. The normalized spacial score (nSPS) is 10.3. The van der Waals surface area contributed by atoms with Crippen molar-refractivity contribution in [3.63, 3.8) is 0 Å². The van der Waals surface area contributed by atoms with Crippen molar-refractivity contribution in [2.75, 3.05) is 14.2 Å². The van der Waals surface area contributed by atoms with Crippen LogP contribution in [0.15, 0.2) is 30.3 Å². The Kier molecular flexibility index (Phi) is 5.27. The maximum absolute atomic E-state index is 12.3. The molecular weight excluding hydrogens is 292 g/mol. The number of rotatable bonds is 5. The van der Waals surface area contributed by atoms with E-state index < -0.39 is 0 Å². The van der Waals surface area contributed by atoms with Crippen LogP contribution in [-0.2, 0) is 11.2 Å². The number of benzene rings is 2. The Morgan fingerprint density at radius 2 is 1.57 bits per heavy atom. The summed E-state index contributed by atoms with van der Waals surface area (Å²) in [5, 5.41) is 0. The van der Waals surface area contributed by atoms with Gasteiger partial charge in [0.25, 0.3) is 0 Å². The quantitative estimate of drug-likeness (QED) is 0.622. The lowest BCUT2D eigenvalue weighted by molar-refractivity contribution is -0.133. The molecule has 0 aliphatic heterocycles. The second-order valence-electron chi connectivity index (χ2n) is 5.49. The van der Waals surface area contributed by atoms with Gasteiger partial charge in [-0.15, -0.1) is 0 Å². The topological polar surface area (TPSA) is 44.8 Å². The van der Waals surface area contributed by atoms with Crippen molar-refractivity contribution in [3.05, 3.63) is 52.6 Å². The third-order valence-electron chi connectivity index (χ3n) is 3.89. The van der Waals surface area contributed by atoms with Gasteiger partial charge in [0.1, 0.15) is 5.75 Å². The fraction of sp³-hybridized carbons (Fsp3) is 0.316. The molecule has 4 nitrogen and oxygen atoms in total. The minimum Gasteiger partial charge on any atom is -0.493 e. The lowest BCUT2D eigenvalue weighted by Crippen LogP contribution is -2.13. The second-order valence-corrected chi connectivity index (χ2v) is 5.49. The first kappa shape index (κ1) is 16.9. The molecule has 0 saturated heterocycles. The zero-order valence-corrected chi connectivity index (χ0v) is 14.2. The van der Waals surface area contributed by atoms with E-state index in [1.165, 1.54) is 0 Å². The van der Waals surface area contributed by atoms with Crippen LogP contribution in [0.3, 0.4) is 0 Å². The summed E-state index contributed by atoms with van der Waals surface area (Å²) in [4.78, 5) is 12.3. The van der Waals surface area contributed by atoms with E-state index in [0.717, 1.165) is 22.3 Å². The van der Waals surface area contributed by atoms with Gasteiger partial charge < -0.3 is 14.2 Å². The molecule has 0 amide bonds. The van der Waals surface area contributed by atoms with E-state index in [2.05, 4.69) is 0 Å². The second kappa shape index (κ2) is 7.18.